The molecule has 0 radical (unpaired) electrons. The maximum Gasteiger partial charge on any atom is 0.416 e. The van der Waals surface area contributed by atoms with Crippen LogP contribution < -0.4 is 5.32 Å². The average Bonchev–Trinajstić information content (AvgIpc) is 3.27. The van der Waals surface area contributed by atoms with Crippen molar-refractivity contribution in [3.05, 3.63) is 99.9 Å². The number of nitrogens with one attached hydrogen (secondary N) is 1. The topological polar surface area (TPSA) is 76.1 Å². The molecule has 0 fully saturated rings. The molecule has 5 nitrogen and oxygen atoms in total. The summed E-state index contributed by atoms with van der Waals surface area (Å²) in [6.07, 6.45) is -4.71. The summed E-state index contributed by atoms with van der Waals surface area (Å²) in [5, 5.41) is 4.81. The van der Waals surface area contributed by atoms with Gasteiger partial charge in [-0.25, -0.2) is 13.4 Å². The van der Waals surface area contributed by atoms with Gasteiger partial charge in [0.2, 0.25) is 0 Å². The fourth-order valence-corrected chi connectivity index (χ4v) is 5.48. The van der Waals surface area contributed by atoms with Crippen molar-refractivity contribution in [2.45, 2.75) is 16.8 Å². The second-order valence-electron chi connectivity index (χ2n) is 7.44. The summed E-state index contributed by atoms with van der Waals surface area (Å²) >= 11 is 6.94. The third kappa shape index (κ3) is 5.90. The molecular formula is C24H16ClF3N2O3S2. The van der Waals surface area contributed by atoms with Gasteiger partial charge in [0.25, 0.3) is 5.91 Å². The first-order valence-corrected chi connectivity index (χ1v) is 12.9. The van der Waals surface area contributed by atoms with Gasteiger partial charge >= 0.3 is 6.18 Å². The van der Waals surface area contributed by atoms with Crippen LogP contribution >= 0.6 is 22.9 Å². The van der Waals surface area contributed by atoms with Gasteiger partial charge in [0.05, 0.1) is 21.9 Å². The van der Waals surface area contributed by atoms with E-state index in [4.69, 9.17) is 11.6 Å². The van der Waals surface area contributed by atoms with E-state index < -0.39 is 33.2 Å². The minimum Gasteiger partial charge on any atom is -0.298 e. The summed E-state index contributed by atoms with van der Waals surface area (Å²) in [4.78, 5) is 17.2. The van der Waals surface area contributed by atoms with Gasteiger partial charge in [0.1, 0.15) is 0 Å². The molecule has 4 rings (SSSR count). The van der Waals surface area contributed by atoms with Crippen LogP contribution in [0.25, 0.3) is 11.3 Å². The Morgan fingerprint density at radius 2 is 1.69 bits per heavy atom. The maximum atomic E-state index is 13.3. The Bertz CT molecular complexity index is 1470. The molecule has 0 atom stereocenters. The highest BCUT2D eigenvalue weighted by Gasteiger charge is 2.32. The third-order valence-electron chi connectivity index (χ3n) is 4.99. The quantitative estimate of drug-likeness (QED) is 0.297. The molecule has 180 valence electrons. The van der Waals surface area contributed by atoms with E-state index in [1.807, 2.05) is 30.3 Å². The van der Waals surface area contributed by atoms with E-state index in [1.165, 1.54) is 24.3 Å². The normalized spacial score (nSPS) is 11.9. The highest BCUT2D eigenvalue weighted by atomic mass is 35.5. The number of anilines is 1. The summed E-state index contributed by atoms with van der Waals surface area (Å²) in [5.41, 5.74) is -0.104. The van der Waals surface area contributed by atoms with E-state index in [2.05, 4.69) is 10.3 Å². The predicted octanol–water partition coefficient (Wildman–Crippen LogP) is 6.71. The summed E-state index contributed by atoms with van der Waals surface area (Å²) in [5.74, 6) is -1.58. The lowest BCUT2D eigenvalue weighted by molar-refractivity contribution is -0.137. The standard InChI is InChI=1S/C24H16ClF3N2O3S2/c25-18-7-9-19(10-8-18)35(32,33)14-16-12-17(24(26,27)28)6-11-20(16)22(31)30-23-29-21(13-34-23)15-4-2-1-3-5-15/h1-13H,14H2,(H,29,30,31). The third-order valence-corrected chi connectivity index (χ3v) is 7.68. The number of alkyl halides is 3. The van der Waals surface area contributed by atoms with E-state index >= 15 is 0 Å². The van der Waals surface area contributed by atoms with Crippen molar-refractivity contribution in [1.29, 1.82) is 0 Å². The van der Waals surface area contributed by atoms with Crippen molar-refractivity contribution in [3.8, 4) is 11.3 Å². The van der Waals surface area contributed by atoms with Gasteiger partial charge in [-0.2, -0.15) is 13.2 Å². The van der Waals surface area contributed by atoms with Crippen LogP contribution in [0.4, 0.5) is 18.3 Å². The first kappa shape index (κ1) is 24.9. The predicted molar refractivity (Wildman–Crippen MR) is 129 cm³/mol. The second kappa shape index (κ2) is 9.80. The van der Waals surface area contributed by atoms with Crippen LogP contribution in [0.2, 0.25) is 5.02 Å². The number of carbonyl (C=O) groups excluding carboxylic acids is 1. The summed E-state index contributed by atoms with van der Waals surface area (Å²) in [6.45, 7) is 0. The van der Waals surface area contributed by atoms with Crippen molar-refractivity contribution in [1.82, 2.24) is 4.98 Å². The van der Waals surface area contributed by atoms with Gasteiger partial charge in [-0.3, -0.25) is 10.1 Å². The Morgan fingerprint density at radius 1 is 1.00 bits per heavy atom. The largest absolute Gasteiger partial charge is 0.416 e. The number of sulfone groups is 1. The molecule has 1 aromatic heterocycles. The molecule has 35 heavy (non-hydrogen) atoms. The van der Waals surface area contributed by atoms with Gasteiger partial charge in [0, 0.05) is 21.5 Å². The first-order chi connectivity index (χ1) is 16.5. The van der Waals surface area contributed by atoms with Gasteiger partial charge in [-0.1, -0.05) is 41.9 Å². The number of hydrogen-bond acceptors (Lipinski definition) is 5. The smallest absolute Gasteiger partial charge is 0.298 e. The molecule has 1 N–H and O–H groups in total. The zero-order valence-corrected chi connectivity index (χ0v) is 20.1. The fourth-order valence-electron chi connectivity index (χ4n) is 3.28. The summed E-state index contributed by atoms with van der Waals surface area (Å²) < 4.78 is 65.8. The van der Waals surface area contributed by atoms with Crippen molar-refractivity contribution >= 4 is 43.8 Å². The van der Waals surface area contributed by atoms with Gasteiger partial charge in [-0.15, -0.1) is 11.3 Å². The number of rotatable bonds is 6. The fraction of sp³-hybridized carbons (Fsp3) is 0.0833. The zero-order chi connectivity index (χ0) is 25.2. The lowest BCUT2D eigenvalue weighted by Crippen LogP contribution is -2.18. The van der Waals surface area contributed by atoms with Crippen LogP contribution in [0.5, 0.6) is 0 Å². The number of halogens is 4. The molecule has 0 unspecified atom stereocenters. The monoisotopic (exact) mass is 536 g/mol. The zero-order valence-electron chi connectivity index (χ0n) is 17.7. The maximum absolute atomic E-state index is 13.3. The number of amides is 1. The molecule has 4 aromatic rings. The number of hydrogen-bond donors (Lipinski definition) is 1. The van der Waals surface area contributed by atoms with Crippen LogP contribution in [0.1, 0.15) is 21.5 Å². The molecule has 0 saturated carbocycles. The van der Waals surface area contributed by atoms with E-state index in [1.54, 1.807) is 5.38 Å². The molecular weight excluding hydrogens is 521 g/mol. The molecule has 0 aliphatic heterocycles. The minimum absolute atomic E-state index is 0.127. The highest BCUT2D eigenvalue weighted by Crippen LogP contribution is 2.32. The van der Waals surface area contributed by atoms with Crippen LogP contribution in [0, 0.1) is 0 Å². The Morgan fingerprint density at radius 3 is 2.34 bits per heavy atom. The van der Waals surface area contributed by atoms with Crippen LogP contribution in [-0.2, 0) is 21.8 Å². The molecule has 0 saturated heterocycles. The van der Waals surface area contributed by atoms with Crippen molar-refractivity contribution in [3.63, 3.8) is 0 Å². The van der Waals surface area contributed by atoms with E-state index in [0.29, 0.717) is 16.8 Å². The second-order valence-corrected chi connectivity index (χ2v) is 10.7. The highest BCUT2D eigenvalue weighted by molar-refractivity contribution is 7.90. The lowest BCUT2D eigenvalue weighted by atomic mass is 10.0. The molecule has 0 bridgehead atoms. The van der Waals surface area contributed by atoms with Crippen LogP contribution in [0.3, 0.4) is 0 Å². The minimum atomic E-state index is -4.71. The first-order valence-electron chi connectivity index (χ1n) is 10.0. The van der Waals surface area contributed by atoms with E-state index in [0.717, 1.165) is 29.0 Å². The van der Waals surface area contributed by atoms with Crippen molar-refractivity contribution in [2.24, 2.45) is 0 Å². The molecule has 0 aliphatic rings. The number of aromatic nitrogens is 1. The van der Waals surface area contributed by atoms with Crippen LogP contribution in [-0.4, -0.2) is 19.3 Å². The van der Waals surface area contributed by atoms with Crippen LogP contribution in [0.15, 0.2) is 83.1 Å². The lowest BCUT2D eigenvalue weighted by Gasteiger charge is -2.14. The summed E-state index contributed by atoms with van der Waals surface area (Å²) in [6, 6.07) is 16.8. The SMILES string of the molecule is O=C(Nc1nc(-c2ccccc2)cs1)c1ccc(C(F)(F)F)cc1CS(=O)(=O)c1ccc(Cl)cc1. The molecule has 11 heteroatoms. The van der Waals surface area contributed by atoms with Crippen molar-refractivity contribution in [2.75, 3.05) is 5.32 Å². The molecule has 1 amide bonds. The number of carbonyl (C=O) groups is 1. The van der Waals surface area contributed by atoms with Crippen molar-refractivity contribution < 1.29 is 26.4 Å². The molecule has 0 spiro atoms. The van der Waals surface area contributed by atoms with Gasteiger partial charge in [0.15, 0.2) is 15.0 Å². The number of nitrogens with zero attached hydrogens (tertiary/aromatic N) is 1. The van der Waals surface area contributed by atoms with E-state index in [9.17, 15) is 26.4 Å². The number of thiazole rings is 1. The summed E-state index contributed by atoms with van der Waals surface area (Å²) in [7, 11) is -4.07. The Hall–Kier alpha value is -3.21. The van der Waals surface area contributed by atoms with Gasteiger partial charge in [-0.05, 0) is 48.0 Å². The molecule has 3 aromatic carbocycles. The van der Waals surface area contributed by atoms with Gasteiger partial charge < -0.3 is 0 Å². The Balaban J connectivity index is 1.66. The number of benzene rings is 3. The Kier molecular flexibility index (Phi) is 6.98. The average molecular weight is 537 g/mol. The molecule has 0 aliphatic carbocycles. The van der Waals surface area contributed by atoms with E-state index in [-0.39, 0.29) is 21.2 Å². The Labute approximate surface area is 208 Å². The molecule has 1 heterocycles.